The first-order valence-corrected chi connectivity index (χ1v) is 6.90. The van der Waals surface area contributed by atoms with Crippen molar-refractivity contribution in [1.29, 1.82) is 0 Å². The molecule has 2 rings (SSSR count). The fourth-order valence-corrected chi connectivity index (χ4v) is 2.43. The largest absolute Gasteiger partial charge is 0.468 e. The summed E-state index contributed by atoms with van der Waals surface area (Å²) < 4.78 is 44.4. The standard InChI is InChI=1S/C15H14F3NO4/c1-23-15(22)8-4-6-19(7-5-11(8)20)14(21)9-2-3-10(16)13(18)12(9)17/h2-3,8H,4-7H2,1H3. The monoisotopic (exact) mass is 329 g/mol. The maximum atomic E-state index is 13.7. The number of ketones is 1. The molecule has 1 fully saturated rings. The lowest BCUT2D eigenvalue weighted by atomic mass is 10.00. The van der Waals surface area contributed by atoms with Crippen LogP contribution in [-0.4, -0.2) is 42.8 Å². The highest BCUT2D eigenvalue weighted by molar-refractivity contribution is 6.00. The zero-order chi connectivity index (χ0) is 17.1. The number of carbonyl (C=O) groups excluding carboxylic acids is 3. The minimum Gasteiger partial charge on any atom is -0.468 e. The molecule has 1 aliphatic heterocycles. The van der Waals surface area contributed by atoms with Gasteiger partial charge in [0.2, 0.25) is 0 Å². The van der Waals surface area contributed by atoms with Crippen molar-refractivity contribution in [3.63, 3.8) is 0 Å². The van der Waals surface area contributed by atoms with Gasteiger partial charge in [0, 0.05) is 19.5 Å². The Hall–Kier alpha value is -2.38. The SMILES string of the molecule is COC(=O)C1CCN(C(=O)c2ccc(F)c(F)c2F)CCC1=O. The van der Waals surface area contributed by atoms with E-state index in [1.807, 2.05) is 0 Å². The summed E-state index contributed by atoms with van der Waals surface area (Å²) >= 11 is 0. The van der Waals surface area contributed by atoms with Gasteiger partial charge in [-0.3, -0.25) is 14.4 Å². The number of likely N-dealkylation sites (tertiary alicyclic amines) is 1. The van der Waals surface area contributed by atoms with E-state index in [9.17, 15) is 27.6 Å². The molecule has 0 bridgehead atoms. The van der Waals surface area contributed by atoms with Crippen molar-refractivity contribution in [3.8, 4) is 0 Å². The van der Waals surface area contributed by atoms with Gasteiger partial charge in [-0.25, -0.2) is 13.2 Å². The Balaban J connectivity index is 2.20. The summed E-state index contributed by atoms with van der Waals surface area (Å²) in [4.78, 5) is 36.8. The molecule has 8 heteroatoms. The van der Waals surface area contributed by atoms with Crippen molar-refractivity contribution in [2.75, 3.05) is 20.2 Å². The summed E-state index contributed by atoms with van der Waals surface area (Å²) in [5.74, 6) is -7.60. The molecule has 1 unspecified atom stereocenters. The molecule has 5 nitrogen and oxygen atoms in total. The molecule has 124 valence electrons. The number of hydrogen-bond acceptors (Lipinski definition) is 4. The van der Waals surface area contributed by atoms with Crippen LogP contribution in [0.15, 0.2) is 12.1 Å². The van der Waals surface area contributed by atoms with Crippen molar-refractivity contribution < 1.29 is 32.3 Å². The Morgan fingerprint density at radius 1 is 1.17 bits per heavy atom. The van der Waals surface area contributed by atoms with Gasteiger partial charge in [-0.1, -0.05) is 0 Å². The average Bonchev–Trinajstić information content (AvgIpc) is 2.73. The maximum Gasteiger partial charge on any atom is 0.316 e. The van der Waals surface area contributed by atoms with Gasteiger partial charge in [-0.2, -0.15) is 0 Å². The van der Waals surface area contributed by atoms with Crippen LogP contribution < -0.4 is 0 Å². The predicted molar refractivity (Wildman–Crippen MR) is 72.0 cm³/mol. The Kier molecular flexibility index (Phi) is 5.02. The Labute approximate surface area is 130 Å². The van der Waals surface area contributed by atoms with Gasteiger partial charge in [0.1, 0.15) is 11.7 Å². The Morgan fingerprint density at radius 2 is 1.87 bits per heavy atom. The molecule has 1 aliphatic rings. The molecular weight excluding hydrogens is 315 g/mol. The molecule has 0 saturated carbocycles. The average molecular weight is 329 g/mol. The van der Waals surface area contributed by atoms with Gasteiger partial charge in [-0.15, -0.1) is 0 Å². The van der Waals surface area contributed by atoms with Crippen LogP contribution >= 0.6 is 0 Å². The lowest BCUT2D eigenvalue weighted by Gasteiger charge is -2.20. The quantitative estimate of drug-likeness (QED) is 0.471. The molecule has 1 saturated heterocycles. The van der Waals surface area contributed by atoms with E-state index in [1.165, 1.54) is 0 Å². The maximum absolute atomic E-state index is 13.7. The molecule has 1 aromatic rings. The number of methoxy groups -OCH3 is 1. The number of halogens is 3. The van der Waals surface area contributed by atoms with E-state index in [1.54, 1.807) is 0 Å². The topological polar surface area (TPSA) is 63.7 Å². The zero-order valence-corrected chi connectivity index (χ0v) is 12.3. The number of hydrogen-bond donors (Lipinski definition) is 0. The van der Waals surface area contributed by atoms with Crippen molar-refractivity contribution >= 4 is 17.7 Å². The number of benzene rings is 1. The summed E-state index contributed by atoms with van der Waals surface area (Å²) in [6.07, 6.45) is -0.0701. The molecule has 0 spiro atoms. The Bertz CT molecular complexity index is 662. The van der Waals surface area contributed by atoms with Crippen molar-refractivity contribution in [2.45, 2.75) is 12.8 Å². The van der Waals surface area contributed by atoms with E-state index in [0.717, 1.165) is 18.1 Å². The number of Topliss-reactive ketones (excluding diaryl/α,β-unsaturated/α-hetero) is 1. The third-order valence-electron chi connectivity index (χ3n) is 3.74. The van der Waals surface area contributed by atoms with E-state index in [0.29, 0.717) is 6.07 Å². The Morgan fingerprint density at radius 3 is 2.52 bits per heavy atom. The second kappa shape index (κ2) is 6.80. The summed E-state index contributed by atoms with van der Waals surface area (Å²) in [7, 11) is 1.15. The first-order valence-electron chi connectivity index (χ1n) is 6.90. The van der Waals surface area contributed by atoms with Gasteiger partial charge >= 0.3 is 5.97 Å². The van der Waals surface area contributed by atoms with Gasteiger partial charge in [0.15, 0.2) is 17.5 Å². The highest BCUT2D eigenvalue weighted by Crippen LogP contribution is 2.21. The second-order valence-corrected chi connectivity index (χ2v) is 5.10. The molecule has 0 radical (unpaired) electrons. The van der Waals surface area contributed by atoms with Crippen LogP contribution in [0.3, 0.4) is 0 Å². The number of ether oxygens (including phenoxy) is 1. The fourth-order valence-electron chi connectivity index (χ4n) is 2.43. The van der Waals surface area contributed by atoms with Crippen molar-refractivity contribution in [2.24, 2.45) is 5.92 Å². The molecule has 1 heterocycles. The number of amides is 1. The van der Waals surface area contributed by atoms with Crippen molar-refractivity contribution in [1.82, 2.24) is 4.90 Å². The van der Waals surface area contributed by atoms with Gasteiger partial charge in [-0.05, 0) is 18.6 Å². The van der Waals surface area contributed by atoms with E-state index >= 15 is 0 Å². The molecule has 0 aliphatic carbocycles. The highest BCUT2D eigenvalue weighted by atomic mass is 19.2. The van der Waals surface area contributed by atoms with E-state index < -0.39 is 40.8 Å². The summed E-state index contributed by atoms with van der Waals surface area (Å²) in [5.41, 5.74) is -0.618. The molecular formula is C15H14F3NO4. The second-order valence-electron chi connectivity index (χ2n) is 5.10. The van der Waals surface area contributed by atoms with E-state index in [2.05, 4.69) is 4.74 Å². The van der Waals surface area contributed by atoms with Crippen LogP contribution in [0.4, 0.5) is 13.2 Å². The zero-order valence-electron chi connectivity index (χ0n) is 12.3. The molecule has 23 heavy (non-hydrogen) atoms. The smallest absolute Gasteiger partial charge is 0.316 e. The van der Waals surface area contributed by atoms with Gasteiger partial charge < -0.3 is 9.64 Å². The number of nitrogens with zero attached hydrogens (tertiary/aromatic N) is 1. The first kappa shape index (κ1) is 17.0. The van der Waals surface area contributed by atoms with Crippen LogP contribution in [0.1, 0.15) is 23.2 Å². The lowest BCUT2D eigenvalue weighted by molar-refractivity contribution is -0.149. The van der Waals surface area contributed by atoms with Crippen LogP contribution in [0.25, 0.3) is 0 Å². The first-order chi connectivity index (χ1) is 10.9. The highest BCUT2D eigenvalue weighted by Gasteiger charge is 2.33. The van der Waals surface area contributed by atoms with E-state index in [-0.39, 0.29) is 31.7 Å². The number of carbonyl (C=O) groups is 3. The van der Waals surface area contributed by atoms with Crippen LogP contribution in [0.5, 0.6) is 0 Å². The molecule has 0 N–H and O–H groups in total. The van der Waals surface area contributed by atoms with Gasteiger partial charge in [0.05, 0.1) is 12.7 Å². The van der Waals surface area contributed by atoms with E-state index in [4.69, 9.17) is 0 Å². The molecule has 1 atom stereocenters. The summed E-state index contributed by atoms with van der Waals surface area (Å²) in [6, 6.07) is 1.51. The number of esters is 1. The van der Waals surface area contributed by atoms with Crippen LogP contribution in [0, 0.1) is 23.4 Å². The predicted octanol–water partition coefficient (Wildman–Crippen LogP) is 1.70. The third kappa shape index (κ3) is 3.35. The summed E-state index contributed by atoms with van der Waals surface area (Å²) in [6.45, 7) is -0.0353. The summed E-state index contributed by atoms with van der Waals surface area (Å²) in [5, 5.41) is 0. The molecule has 1 aromatic carbocycles. The lowest BCUT2D eigenvalue weighted by Crippen LogP contribution is -2.33. The van der Waals surface area contributed by atoms with Crippen LogP contribution in [-0.2, 0) is 14.3 Å². The molecule has 0 aromatic heterocycles. The minimum absolute atomic E-state index is 0.00275. The normalized spacial score (nSPS) is 18.5. The number of rotatable bonds is 2. The fraction of sp³-hybridized carbons (Fsp3) is 0.400. The third-order valence-corrected chi connectivity index (χ3v) is 3.74. The molecule has 1 amide bonds. The van der Waals surface area contributed by atoms with Crippen molar-refractivity contribution in [3.05, 3.63) is 35.1 Å². The van der Waals surface area contributed by atoms with Crippen LogP contribution in [0.2, 0.25) is 0 Å². The van der Waals surface area contributed by atoms with Gasteiger partial charge in [0.25, 0.3) is 5.91 Å². The minimum atomic E-state index is -1.73.